The van der Waals surface area contributed by atoms with Gasteiger partial charge >= 0.3 is 0 Å². The fourth-order valence-corrected chi connectivity index (χ4v) is 5.16. The number of hydrogen-bond acceptors (Lipinski definition) is 6. The summed E-state index contributed by atoms with van der Waals surface area (Å²) in [5.74, 6) is 1.33. The van der Waals surface area contributed by atoms with Gasteiger partial charge in [0.2, 0.25) is 0 Å². The Kier molecular flexibility index (Phi) is 3.29. The molecule has 0 bridgehead atoms. The average molecular weight is 401 g/mol. The van der Waals surface area contributed by atoms with Gasteiger partial charge in [-0.15, -0.1) is 11.3 Å². The molecule has 0 fully saturated rings. The second-order valence-corrected chi connectivity index (χ2v) is 8.36. The number of furan rings is 1. The smallest absolute Gasteiger partial charge is 0.275 e. The fraction of sp³-hybridized carbons (Fsp3) is 0. The Morgan fingerprint density at radius 3 is 2.61 bits per heavy atom. The highest BCUT2D eigenvalue weighted by Crippen LogP contribution is 2.31. The van der Waals surface area contributed by atoms with Crippen molar-refractivity contribution < 1.29 is 4.42 Å². The van der Waals surface area contributed by atoms with E-state index in [1.54, 1.807) is 21.8 Å². The zero-order valence-corrected chi connectivity index (χ0v) is 16.0. The summed E-state index contributed by atoms with van der Waals surface area (Å²) in [6.07, 6.45) is 1.77. The van der Waals surface area contributed by atoms with Crippen LogP contribution < -0.4 is 10.1 Å². The molecule has 0 unspecified atom stereocenters. The normalized spacial score (nSPS) is 12.6. The lowest BCUT2D eigenvalue weighted by Crippen LogP contribution is -2.22. The van der Waals surface area contributed by atoms with E-state index < -0.39 is 0 Å². The average Bonchev–Trinajstić information content (AvgIpc) is 3.46. The van der Waals surface area contributed by atoms with Gasteiger partial charge < -0.3 is 4.42 Å². The molecule has 28 heavy (non-hydrogen) atoms. The largest absolute Gasteiger partial charge is 0.454 e. The molecule has 6 aromatic rings. The molecule has 134 valence electrons. The third kappa shape index (κ3) is 2.33. The van der Waals surface area contributed by atoms with Gasteiger partial charge in [0, 0.05) is 6.08 Å². The topological polar surface area (TPSA) is 60.4 Å². The maximum Gasteiger partial charge on any atom is 0.275 e. The van der Waals surface area contributed by atoms with Crippen LogP contribution in [0.2, 0.25) is 0 Å². The van der Waals surface area contributed by atoms with E-state index >= 15 is 0 Å². The van der Waals surface area contributed by atoms with Crippen LogP contribution in [0.25, 0.3) is 43.1 Å². The van der Waals surface area contributed by atoms with Crippen molar-refractivity contribution in [3.8, 4) is 10.8 Å². The van der Waals surface area contributed by atoms with Crippen molar-refractivity contribution in [2.75, 3.05) is 0 Å². The molecule has 4 heterocycles. The molecule has 0 amide bonds. The van der Waals surface area contributed by atoms with Crippen molar-refractivity contribution >= 4 is 55.0 Å². The number of benzene rings is 2. The molecule has 0 saturated carbocycles. The number of imidazole rings is 1. The van der Waals surface area contributed by atoms with Crippen LogP contribution in [0.1, 0.15) is 5.76 Å². The molecule has 0 N–H and O–H groups in total. The summed E-state index contributed by atoms with van der Waals surface area (Å²) in [6.45, 7) is 0. The molecular weight excluding hydrogens is 390 g/mol. The quantitative estimate of drug-likeness (QED) is 0.433. The van der Waals surface area contributed by atoms with Gasteiger partial charge in [0.15, 0.2) is 15.7 Å². The minimum absolute atomic E-state index is 0.0772. The Bertz CT molecular complexity index is 1570. The molecule has 6 rings (SSSR count). The van der Waals surface area contributed by atoms with E-state index in [-0.39, 0.29) is 5.56 Å². The summed E-state index contributed by atoms with van der Waals surface area (Å²) in [4.78, 5) is 22.7. The molecule has 0 aliphatic heterocycles. The van der Waals surface area contributed by atoms with Crippen molar-refractivity contribution in [2.45, 2.75) is 0 Å². The van der Waals surface area contributed by atoms with E-state index in [0.29, 0.717) is 21.0 Å². The van der Waals surface area contributed by atoms with Crippen LogP contribution in [-0.2, 0) is 0 Å². The fourth-order valence-electron chi connectivity index (χ4n) is 3.26. The molecule has 0 atom stereocenters. The first kappa shape index (κ1) is 15.7. The van der Waals surface area contributed by atoms with Crippen LogP contribution >= 0.6 is 22.7 Å². The lowest BCUT2D eigenvalue weighted by molar-refractivity contribution is 0.571. The van der Waals surface area contributed by atoms with E-state index in [9.17, 15) is 4.79 Å². The van der Waals surface area contributed by atoms with Crippen LogP contribution in [0.3, 0.4) is 0 Å². The molecule has 0 saturated heterocycles. The van der Waals surface area contributed by atoms with Crippen LogP contribution in [-0.4, -0.2) is 14.4 Å². The number of aromatic nitrogens is 3. The minimum Gasteiger partial charge on any atom is -0.454 e. The molecule has 2 aromatic carbocycles. The molecule has 5 nitrogen and oxygen atoms in total. The van der Waals surface area contributed by atoms with E-state index in [1.807, 2.05) is 60.7 Å². The number of nitrogens with zero attached hydrogens (tertiary/aromatic N) is 3. The number of rotatable bonds is 2. The summed E-state index contributed by atoms with van der Waals surface area (Å²) >= 11 is 2.95. The molecule has 7 heteroatoms. The van der Waals surface area contributed by atoms with Gasteiger partial charge in [0.25, 0.3) is 5.56 Å². The van der Waals surface area contributed by atoms with Crippen molar-refractivity contribution in [3.05, 3.63) is 81.3 Å². The lowest BCUT2D eigenvalue weighted by atomic mass is 10.3. The zero-order valence-electron chi connectivity index (χ0n) is 14.3. The Morgan fingerprint density at radius 1 is 0.893 bits per heavy atom. The maximum atomic E-state index is 12.9. The van der Waals surface area contributed by atoms with E-state index in [1.165, 1.54) is 11.3 Å². The van der Waals surface area contributed by atoms with Gasteiger partial charge in [-0.05, 0) is 36.4 Å². The summed E-state index contributed by atoms with van der Waals surface area (Å²) in [7, 11) is 0. The summed E-state index contributed by atoms with van der Waals surface area (Å²) in [5.41, 5.74) is 2.53. The Morgan fingerprint density at radius 2 is 1.71 bits per heavy atom. The molecule has 0 aliphatic carbocycles. The Labute approximate surface area is 165 Å². The monoisotopic (exact) mass is 401 g/mol. The second-order valence-electron chi connectivity index (χ2n) is 6.32. The lowest BCUT2D eigenvalue weighted by Gasteiger charge is -1.88. The van der Waals surface area contributed by atoms with Crippen LogP contribution in [0.15, 0.2) is 69.9 Å². The van der Waals surface area contributed by atoms with Crippen LogP contribution in [0.5, 0.6) is 0 Å². The molecule has 4 aromatic heterocycles. The van der Waals surface area contributed by atoms with Gasteiger partial charge in [0.1, 0.15) is 10.3 Å². The molecule has 0 radical (unpaired) electrons. The summed E-state index contributed by atoms with van der Waals surface area (Å²) < 4.78 is 9.32. The van der Waals surface area contributed by atoms with Gasteiger partial charge in [-0.2, -0.15) is 0 Å². The van der Waals surface area contributed by atoms with Gasteiger partial charge in [-0.1, -0.05) is 35.6 Å². The van der Waals surface area contributed by atoms with Crippen molar-refractivity contribution in [1.82, 2.24) is 14.4 Å². The number of fused-ring (bicyclic) bond motifs is 4. The first-order valence-electron chi connectivity index (χ1n) is 8.64. The molecular formula is C21H11N3O2S2. The number of hydrogen-bond donors (Lipinski definition) is 0. The van der Waals surface area contributed by atoms with Gasteiger partial charge in [-0.3, -0.25) is 4.79 Å². The van der Waals surface area contributed by atoms with E-state index in [4.69, 9.17) is 4.42 Å². The first-order chi connectivity index (χ1) is 13.8. The van der Waals surface area contributed by atoms with Crippen molar-refractivity contribution in [2.24, 2.45) is 0 Å². The van der Waals surface area contributed by atoms with Crippen LogP contribution in [0.4, 0.5) is 0 Å². The first-order valence-corrected chi connectivity index (χ1v) is 10.3. The number of thiazole rings is 2. The SMILES string of the molecule is O=c1/c(=C/c2ccc(-c3nc4ccccc4s3)o2)sc2nc3ccccc3n12. The maximum absolute atomic E-state index is 12.9. The highest BCUT2D eigenvalue weighted by Gasteiger charge is 2.12. The standard InChI is InChI=1S/C21H11N3O2S2/c25-20-18(28-21-23-13-5-1-3-7-15(13)24(20)21)11-12-9-10-16(26-12)19-22-14-6-2-4-8-17(14)27-19/h1-11H/b18-11-. The highest BCUT2D eigenvalue weighted by atomic mass is 32.1. The van der Waals surface area contributed by atoms with Crippen molar-refractivity contribution in [3.63, 3.8) is 0 Å². The summed E-state index contributed by atoms with van der Waals surface area (Å²) in [5, 5.41) is 0.829. The molecule has 0 aliphatic rings. The third-order valence-electron chi connectivity index (χ3n) is 4.55. The summed E-state index contributed by atoms with van der Waals surface area (Å²) in [6, 6.07) is 19.4. The second kappa shape index (κ2) is 5.85. The minimum atomic E-state index is -0.0772. The zero-order chi connectivity index (χ0) is 18.7. The number of para-hydroxylation sites is 3. The van der Waals surface area contributed by atoms with Crippen molar-refractivity contribution in [1.29, 1.82) is 0 Å². The van der Waals surface area contributed by atoms with E-state index in [2.05, 4.69) is 9.97 Å². The predicted molar refractivity (Wildman–Crippen MR) is 113 cm³/mol. The van der Waals surface area contributed by atoms with Gasteiger partial charge in [-0.25, -0.2) is 14.4 Å². The predicted octanol–water partition coefficient (Wildman–Crippen LogP) is 4.33. The van der Waals surface area contributed by atoms with Gasteiger partial charge in [0.05, 0.1) is 21.3 Å². The molecule has 0 spiro atoms. The van der Waals surface area contributed by atoms with E-state index in [0.717, 1.165) is 26.3 Å². The third-order valence-corrected chi connectivity index (χ3v) is 6.57. The Balaban J connectivity index is 1.46. The van der Waals surface area contributed by atoms with Crippen LogP contribution in [0, 0.1) is 0 Å². The highest BCUT2D eigenvalue weighted by molar-refractivity contribution is 7.21. The Hall–Kier alpha value is -3.29.